The fourth-order valence-electron chi connectivity index (χ4n) is 5.97. The van der Waals surface area contributed by atoms with Crippen LogP contribution in [-0.2, 0) is 30.2 Å². The molecular weight excluding hydrogens is 689 g/mol. The minimum absolute atomic E-state index is 0.00244. The number of ether oxygens (including phenoxy) is 1. The SMILES string of the molecule is CCOC(=O)c1cc(NC(=O)c2nc(NC(=O)CCNC(=O)c3cc(NC(=O)c4nccn4CC(F)(F)F)cn3C)cn2C)cn1C1CCCCC1. The number of halogens is 3. The molecule has 4 N–H and O–H groups in total. The van der Waals surface area contributed by atoms with Gasteiger partial charge in [0.1, 0.15) is 17.9 Å². The van der Waals surface area contributed by atoms with E-state index in [2.05, 4.69) is 31.2 Å². The second-order valence-corrected chi connectivity index (χ2v) is 12.3. The van der Waals surface area contributed by atoms with Gasteiger partial charge in [-0.05, 0) is 31.9 Å². The van der Waals surface area contributed by atoms with E-state index in [1.807, 2.05) is 4.57 Å². The molecule has 19 heteroatoms. The molecule has 0 radical (unpaired) electrons. The summed E-state index contributed by atoms with van der Waals surface area (Å²) < 4.78 is 49.1. The quantitative estimate of drug-likeness (QED) is 0.147. The molecule has 4 heterocycles. The molecule has 0 saturated heterocycles. The minimum atomic E-state index is -4.55. The van der Waals surface area contributed by atoms with Gasteiger partial charge in [-0.25, -0.2) is 14.8 Å². The number of carbonyl (C=O) groups excluding carboxylic acids is 5. The maximum Gasteiger partial charge on any atom is 0.406 e. The lowest BCUT2D eigenvalue weighted by molar-refractivity contribution is -0.140. The first-order valence-electron chi connectivity index (χ1n) is 16.6. The van der Waals surface area contributed by atoms with Gasteiger partial charge in [-0.3, -0.25) is 19.2 Å². The molecule has 0 bridgehead atoms. The minimum Gasteiger partial charge on any atom is -0.461 e. The molecule has 1 fully saturated rings. The van der Waals surface area contributed by atoms with Crippen LogP contribution in [0, 0.1) is 0 Å². The average Bonchev–Trinajstić information content (AvgIpc) is 3.87. The summed E-state index contributed by atoms with van der Waals surface area (Å²) >= 11 is 0. The van der Waals surface area contributed by atoms with Crippen LogP contribution in [-0.4, -0.2) is 77.2 Å². The number of rotatable bonds is 13. The molecule has 0 spiro atoms. The number of esters is 1. The molecule has 0 aliphatic heterocycles. The smallest absolute Gasteiger partial charge is 0.406 e. The summed E-state index contributed by atoms with van der Waals surface area (Å²) in [6.45, 7) is 0.477. The van der Waals surface area contributed by atoms with Crippen molar-refractivity contribution in [1.29, 1.82) is 0 Å². The number of hydrogen-bond acceptors (Lipinski definition) is 8. The Morgan fingerprint density at radius 1 is 0.865 bits per heavy atom. The number of aromatic nitrogens is 6. The molecule has 0 unspecified atom stereocenters. The Balaban J connectivity index is 1.13. The molecule has 0 aromatic carbocycles. The topological polar surface area (TPSA) is 188 Å². The van der Waals surface area contributed by atoms with Gasteiger partial charge in [-0.2, -0.15) is 13.2 Å². The van der Waals surface area contributed by atoms with Crippen molar-refractivity contribution in [1.82, 2.24) is 33.6 Å². The summed E-state index contributed by atoms with van der Waals surface area (Å²) in [6.07, 6.45) is 7.06. The summed E-state index contributed by atoms with van der Waals surface area (Å²) in [6, 6.07) is 3.03. The third-order valence-corrected chi connectivity index (χ3v) is 8.31. The number of aryl methyl sites for hydroxylation is 2. The van der Waals surface area contributed by atoms with Crippen LogP contribution < -0.4 is 21.3 Å². The number of nitrogens with one attached hydrogen (secondary N) is 4. The Labute approximate surface area is 295 Å². The van der Waals surface area contributed by atoms with E-state index in [0.717, 1.165) is 44.5 Å². The first-order chi connectivity index (χ1) is 24.7. The predicted molar refractivity (Wildman–Crippen MR) is 181 cm³/mol. The maximum absolute atomic E-state index is 13.2. The first-order valence-corrected chi connectivity index (χ1v) is 16.6. The van der Waals surface area contributed by atoms with Crippen LogP contribution in [0.25, 0.3) is 0 Å². The van der Waals surface area contributed by atoms with E-state index in [4.69, 9.17) is 4.74 Å². The zero-order valence-corrected chi connectivity index (χ0v) is 28.7. The lowest BCUT2D eigenvalue weighted by atomic mass is 9.95. The van der Waals surface area contributed by atoms with E-state index in [-0.39, 0.29) is 48.6 Å². The summed E-state index contributed by atoms with van der Waals surface area (Å²) in [4.78, 5) is 71.8. The van der Waals surface area contributed by atoms with Crippen LogP contribution in [0.4, 0.5) is 30.4 Å². The number of nitrogens with zero attached hydrogens (tertiary/aromatic N) is 6. The van der Waals surface area contributed by atoms with Gasteiger partial charge in [0.05, 0.1) is 18.0 Å². The van der Waals surface area contributed by atoms with Gasteiger partial charge in [0.2, 0.25) is 11.7 Å². The average molecular weight is 729 g/mol. The monoisotopic (exact) mass is 728 g/mol. The van der Waals surface area contributed by atoms with Gasteiger partial charge in [-0.1, -0.05) is 19.3 Å². The highest BCUT2D eigenvalue weighted by atomic mass is 19.4. The Morgan fingerprint density at radius 2 is 1.54 bits per heavy atom. The van der Waals surface area contributed by atoms with Gasteiger partial charge in [0, 0.05) is 64.1 Å². The largest absolute Gasteiger partial charge is 0.461 e. The van der Waals surface area contributed by atoms with Crippen molar-refractivity contribution in [2.24, 2.45) is 14.1 Å². The van der Waals surface area contributed by atoms with E-state index in [1.165, 1.54) is 34.6 Å². The second-order valence-electron chi connectivity index (χ2n) is 12.3. The van der Waals surface area contributed by atoms with Crippen molar-refractivity contribution >= 4 is 46.8 Å². The number of imidazole rings is 2. The number of anilines is 3. The zero-order chi connectivity index (χ0) is 37.6. The van der Waals surface area contributed by atoms with Gasteiger partial charge in [0.15, 0.2) is 11.6 Å². The number of hydrogen-bond donors (Lipinski definition) is 4. The second kappa shape index (κ2) is 16.0. The number of carbonyl (C=O) groups is 5. The molecule has 52 heavy (non-hydrogen) atoms. The van der Waals surface area contributed by atoms with E-state index >= 15 is 0 Å². The van der Waals surface area contributed by atoms with Gasteiger partial charge >= 0.3 is 12.1 Å². The van der Waals surface area contributed by atoms with Crippen LogP contribution in [0.5, 0.6) is 0 Å². The van der Waals surface area contributed by atoms with Gasteiger partial charge in [-0.15, -0.1) is 0 Å². The summed E-state index contributed by atoms with van der Waals surface area (Å²) in [7, 11) is 3.12. The summed E-state index contributed by atoms with van der Waals surface area (Å²) in [5.74, 6) is -3.34. The van der Waals surface area contributed by atoms with Crippen molar-refractivity contribution < 1.29 is 41.9 Å². The third-order valence-electron chi connectivity index (χ3n) is 8.31. The molecule has 4 amide bonds. The van der Waals surface area contributed by atoms with Crippen LogP contribution in [0.2, 0.25) is 0 Å². The molecule has 0 atom stereocenters. The molecule has 5 rings (SSSR count). The molecule has 1 aliphatic carbocycles. The predicted octanol–water partition coefficient (Wildman–Crippen LogP) is 4.26. The van der Waals surface area contributed by atoms with Crippen molar-refractivity contribution in [3.63, 3.8) is 0 Å². The highest BCUT2D eigenvalue weighted by Crippen LogP contribution is 2.32. The Hall–Kier alpha value is -5.88. The summed E-state index contributed by atoms with van der Waals surface area (Å²) in [5.41, 5.74) is 1.02. The first kappa shape index (κ1) is 37.4. The lowest BCUT2D eigenvalue weighted by Gasteiger charge is -2.24. The van der Waals surface area contributed by atoms with Crippen molar-refractivity contribution in [2.75, 3.05) is 29.1 Å². The van der Waals surface area contributed by atoms with Crippen LogP contribution >= 0.6 is 0 Å². The fraction of sp³-hybridized carbons (Fsp3) is 0.424. The van der Waals surface area contributed by atoms with E-state index < -0.39 is 48.1 Å². The van der Waals surface area contributed by atoms with Crippen molar-refractivity contribution in [3.05, 3.63) is 66.2 Å². The van der Waals surface area contributed by atoms with Gasteiger partial charge in [0.25, 0.3) is 17.7 Å². The Morgan fingerprint density at radius 3 is 2.23 bits per heavy atom. The molecule has 4 aromatic heterocycles. The molecular formula is C33H39F3N10O6. The molecule has 278 valence electrons. The van der Waals surface area contributed by atoms with Crippen molar-refractivity contribution in [3.8, 4) is 0 Å². The Bertz CT molecular complexity index is 1950. The van der Waals surface area contributed by atoms with Crippen molar-refractivity contribution in [2.45, 2.75) is 64.2 Å². The maximum atomic E-state index is 13.2. The van der Waals surface area contributed by atoms with E-state index in [9.17, 15) is 37.1 Å². The van der Waals surface area contributed by atoms with Gasteiger partial charge < -0.3 is 44.3 Å². The fourth-order valence-corrected chi connectivity index (χ4v) is 5.97. The standard InChI is InChI=1S/C33H39F3N10O6/c1-4-52-32(51)24-15-21(17-46(24)22-8-6-5-7-9-22)40-31(50)28-42-25(18-44(28)3)41-26(47)10-11-38-29(48)23-14-20(16-43(23)2)39-30(49)27-37-12-13-45(27)19-33(34,35)36/h12-18,22H,4-11,19H2,1-3H3,(H,38,48)(H,39,49)(H,40,50)(H,41,47). The number of alkyl halides is 3. The van der Waals surface area contributed by atoms with Crippen LogP contribution in [0.15, 0.2) is 43.1 Å². The highest BCUT2D eigenvalue weighted by Gasteiger charge is 2.30. The molecule has 1 saturated carbocycles. The van der Waals surface area contributed by atoms with Crippen LogP contribution in [0.3, 0.4) is 0 Å². The van der Waals surface area contributed by atoms with E-state index in [0.29, 0.717) is 15.9 Å². The number of amides is 4. The Kier molecular flexibility index (Phi) is 11.5. The van der Waals surface area contributed by atoms with Crippen LogP contribution in [0.1, 0.15) is 93.7 Å². The highest BCUT2D eigenvalue weighted by molar-refractivity contribution is 6.04. The summed E-state index contributed by atoms with van der Waals surface area (Å²) in [5, 5.41) is 10.4. The normalized spacial score (nSPS) is 13.4. The third kappa shape index (κ3) is 9.26. The lowest BCUT2D eigenvalue weighted by Crippen LogP contribution is -2.29. The molecule has 4 aromatic rings. The molecule has 1 aliphatic rings. The zero-order valence-electron chi connectivity index (χ0n) is 28.7. The van der Waals surface area contributed by atoms with E-state index in [1.54, 1.807) is 26.2 Å². The molecule has 16 nitrogen and oxygen atoms in total.